The highest BCUT2D eigenvalue weighted by atomic mass is 32.1. The highest BCUT2D eigenvalue weighted by Crippen LogP contribution is 2.11. The minimum absolute atomic E-state index is 0.0330. The van der Waals surface area contributed by atoms with E-state index in [-0.39, 0.29) is 23.4 Å². The molecule has 5 heteroatoms. The lowest BCUT2D eigenvalue weighted by Crippen LogP contribution is -2.23. The molecule has 1 unspecified atom stereocenters. The van der Waals surface area contributed by atoms with Crippen molar-refractivity contribution in [2.24, 2.45) is 5.92 Å². The number of rotatable bonds is 11. The quantitative estimate of drug-likeness (QED) is 0.452. The number of hydrogen-bond donors (Lipinski definition) is 2. The van der Waals surface area contributed by atoms with Crippen LogP contribution in [-0.4, -0.2) is 29.8 Å². The third kappa shape index (κ3) is 9.70. The van der Waals surface area contributed by atoms with Gasteiger partial charge in [0.1, 0.15) is 11.6 Å². The molecule has 0 aliphatic heterocycles. The molecule has 19 heavy (non-hydrogen) atoms. The third-order valence-electron chi connectivity index (χ3n) is 3.05. The van der Waals surface area contributed by atoms with Gasteiger partial charge in [-0.2, -0.15) is 12.6 Å². The van der Waals surface area contributed by atoms with E-state index in [2.05, 4.69) is 17.9 Å². The maximum Gasteiger partial charge on any atom is 0.219 e. The molecule has 0 radical (unpaired) electrons. The first kappa shape index (κ1) is 18.2. The molecule has 0 saturated heterocycles. The third-order valence-corrected chi connectivity index (χ3v) is 3.49. The first-order valence-electron chi connectivity index (χ1n) is 6.91. The molecule has 1 N–H and O–H groups in total. The largest absolute Gasteiger partial charge is 0.356 e. The number of Topliss-reactive ketones (excluding diaryl/α,β-unsaturated/α-hetero) is 2. The summed E-state index contributed by atoms with van der Waals surface area (Å²) in [6.45, 7) is 4.00. The number of unbranched alkanes of at least 4 members (excludes halogenated alkanes) is 2. The van der Waals surface area contributed by atoms with Gasteiger partial charge in [0.2, 0.25) is 5.91 Å². The lowest BCUT2D eigenvalue weighted by atomic mass is 9.98. The van der Waals surface area contributed by atoms with E-state index in [1.54, 1.807) is 0 Å². The SMILES string of the molecule is CCC(=O)NCCCCCC(=O)CC(CS)C(C)=O. The van der Waals surface area contributed by atoms with Gasteiger partial charge in [-0.15, -0.1) is 0 Å². The van der Waals surface area contributed by atoms with Gasteiger partial charge in [-0.3, -0.25) is 14.4 Å². The van der Waals surface area contributed by atoms with Gasteiger partial charge in [0.15, 0.2) is 0 Å². The van der Waals surface area contributed by atoms with E-state index >= 15 is 0 Å². The van der Waals surface area contributed by atoms with Crippen molar-refractivity contribution in [3.63, 3.8) is 0 Å². The number of amides is 1. The Morgan fingerprint density at radius 3 is 2.37 bits per heavy atom. The number of thiol groups is 1. The summed E-state index contributed by atoms with van der Waals surface area (Å²) in [6, 6.07) is 0. The summed E-state index contributed by atoms with van der Waals surface area (Å²) in [7, 11) is 0. The fourth-order valence-corrected chi connectivity index (χ4v) is 2.08. The highest BCUT2D eigenvalue weighted by molar-refractivity contribution is 7.80. The summed E-state index contributed by atoms with van der Waals surface area (Å²) in [5.74, 6) is 0.427. The van der Waals surface area contributed by atoms with Crippen molar-refractivity contribution in [3.8, 4) is 0 Å². The first-order valence-corrected chi connectivity index (χ1v) is 7.54. The summed E-state index contributed by atoms with van der Waals surface area (Å²) < 4.78 is 0. The van der Waals surface area contributed by atoms with Crippen LogP contribution in [0.4, 0.5) is 0 Å². The summed E-state index contributed by atoms with van der Waals surface area (Å²) in [6.07, 6.45) is 3.96. The van der Waals surface area contributed by atoms with Crippen molar-refractivity contribution in [2.75, 3.05) is 12.3 Å². The molecule has 0 spiro atoms. The fraction of sp³-hybridized carbons (Fsp3) is 0.786. The Bertz CT molecular complexity index is 305. The zero-order valence-corrected chi connectivity index (χ0v) is 12.8. The van der Waals surface area contributed by atoms with Crippen molar-refractivity contribution < 1.29 is 14.4 Å². The topological polar surface area (TPSA) is 63.2 Å². The van der Waals surface area contributed by atoms with Gasteiger partial charge >= 0.3 is 0 Å². The molecular formula is C14H25NO3S. The minimum atomic E-state index is -0.236. The molecule has 0 aromatic rings. The van der Waals surface area contributed by atoms with Crippen molar-refractivity contribution in [2.45, 2.75) is 52.4 Å². The van der Waals surface area contributed by atoms with E-state index in [9.17, 15) is 14.4 Å². The van der Waals surface area contributed by atoms with Gasteiger partial charge in [-0.05, 0) is 19.8 Å². The van der Waals surface area contributed by atoms with Crippen LogP contribution in [0.2, 0.25) is 0 Å². The van der Waals surface area contributed by atoms with Gasteiger partial charge in [0.05, 0.1) is 0 Å². The number of ketones is 2. The second-order valence-corrected chi connectivity index (χ2v) is 5.11. The van der Waals surface area contributed by atoms with E-state index in [0.717, 1.165) is 19.3 Å². The smallest absolute Gasteiger partial charge is 0.219 e. The van der Waals surface area contributed by atoms with Gasteiger partial charge in [-0.25, -0.2) is 0 Å². The Kier molecular flexibility index (Phi) is 10.5. The Labute approximate surface area is 121 Å². The Balaban J connectivity index is 3.58. The van der Waals surface area contributed by atoms with Gasteiger partial charge in [0, 0.05) is 37.5 Å². The normalized spacial score (nSPS) is 11.9. The summed E-state index contributed by atoms with van der Waals surface area (Å²) in [5.41, 5.74) is 0. The minimum Gasteiger partial charge on any atom is -0.356 e. The Hall–Kier alpha value is -0.840. The van der Waals surface area contributed by atoms with E-state index < -0.39 is 0 Å². The maximum atomic E-state index is 11.6. The number of nitrogens with one attached hydrogen (secondary N) is 1. The van der Waals surface area contributed by atoms with Crippen molar-refractivity contribution in [1.82, 2.24) is 5.32 Å². The fourth-order valence-electron chi connectivity index (χ4n) is 1.69. The highest BCUT2D eigenvalue weighted by Gasteiger charge is 2.16. The summed E-state index contributed by atoms with van der Waals surface area (Å²) in [5, 5.41) is 2.80. The second-order valence-electron chi connectivity index (χ2n) is 4.75. The average molecular weight is 287 g/mol. The van der Waals surface area contributed by atoms with Crippen LogP contribution in [0.25, 0.3) is 0 Å². The number of carbonyl (C=O) groups is 3. The van der Waals surface area contributed by atoms with Crippen molar-refractivity contribution in [1.29, 1.82) is 0 Å². The van der Waals surface area contributed by atoms with E-state index in [1.165, 1.54) is 6.92 Å². The lowest BCUT2D eigenvalue weighted by Gasteiger charge is -2.09. The van der Waals surface area contributed by atoms with Crippen molar-refractivity contribution in [3.05, 3.63) is 0 Å². The molecule has 1 amide bonds. The van der Waals surface area contributed by atoms with Gasteiger partial charge in [0.25, 0.3) is 0 Å². The molecular weight excluding hydrogens is 262 g/mol. The molecule has 0 saturated carbocycles. The zero-order chi connectivity index (χ0) is 14.7. The molecule has 0 fully saturated rings. The van der Waals surface area contributed by atoms with Gasteiger partial charge < -0.3 is 5.32 Å². The lowest BCUT2D eigenvalue weighted by molar-refractivity contribution is -0.126. The number of hydrogen-bond acceptors (Lipinski definition) is 4. The monoisotopic (exact) mass is 287 g/mol. The Morgan fingerprint density at radius 2 is 1.84 bits per heavy atom. The zero-order valence-electron chi connectivity index (χ0n) is 11.9. The summed E-state index contributed by atoms with van der Waals surface area (Å²) in [4.78, 5) is 33.8. The molecule has 110 valence electrons. The molecule has 1 atom stereocenters. The van der Waals surface area contributed by atoms with E-state index in [4.69, 9.17) is 0 Å². The predicted molar refractivity (Wildman–Crippen MR) is 79.4 cm³/mol. The molecule has 0 aliphatic rings. The molecule has 0 aromatic carbocycles. The van der Waals surface area contributed by atoms with E-state index in [0.29, 0.717) is 31.6 Å². The molecule has 0 rings (SSSR count). The van der Waals surface area contributed by atoms with Crippen LogP contribution in [0.5, 0.6) is 0 Å². The van der Waals surface area contributed by atoms with Crippen molar-refractivity contribution >= 4 is 30.1 Å². The molecule has 0 bridgehead atoms. The van der Waals surface area contributed by atoms with Crippen LogP contribution in [0.3, 0.4) is 0 Å². The predicted octanol–water partition coefficient (Wildman–Crippen LogP) is 2.17. The van der Waals surface area contributed by atoms with Crippen LogP contribution < -0.4 is 5.32 Å². The number of carbonyl (C=O) groups excluding carboxylic acids is 3. The van der Waals surface area contributed by atoms with Crippen LogP contribution in [-0.2, 0) is 14.4 Å². The molecule has 0 heterocycles. The van der Waals surface area contributed by atoms with Crippen LogP contribution in [0.1, 0.15) is 52.4 Å². The summed E-state index contributed by atoms with van der Waals surface area (Å²) >= 11 is 4.08. The van der Waals surface area contributed by atoms with Crippen LogP contribution in [0.15, 0.2) is 0 Å². The molecule has 4 nitrogen and oxygen atoms in total. The second kappa shape index (κ2) is 11.0. The Morgan fingerprint density at radius 1 is 1.16 bits per heavy atom. The molecule has 0 aromatic heterocycles. The average Bonchev–Trinajstić information content (AvgIpc) is 2.39. The van der Waals surface area contributed by atoms with Gasteiger partial charge in [-0.1, -0.05) is 13.3 Å². The maximum absolute atomic E-state index is 11.6. The molecule has 0 aliphatic carbocycles. The van der Waals surface area contributed by atoms with Crippen LogP contribution >= 0.6 is 12.6 Å². The standard InChI is InChI=1S/C14H25NO3S/c1-3-14(18)15-8-6-4-5-7-13(17)9-12(10-19)11(2)16/h12,19H,3-10H2,1-2H3,(H,15,18). The van der Waals surface area contributed by atoms with Crippen LogP contribution in [0, 0.1) is 5.92 Å². The first-order chi connectivity index (χ1) is 9.01. The van der Waals surface area contributed by atoms with E-state index in [1.807, 2.05) is 6.92 Å².